The van der Waals surface area contributed by atoms with Gasteiger partial charge in [0.05, 0.1) is 23.7 Å². The van der Waals surface area contributed by atoms with E-state index >= 15 is 0 Å². The van der Waals surface area contributed by atoms with E-state index in [9.17, 15) is 10.1 Å². The number of aromatic nitrogens is 2. The standard InChI is InChI=1S/C10H9N3O4/c1-6-11-12-10(17-6)8-4-3-7(13(14)15)5-9(8)16-2/h3-5H,1-2H3. The number of nitro benzene ring substituents is 1. The Kier molecular flexibility index (Phi) is 2.73. The number of aryl methyl sites for hydroxylation is 1. The molecule has 7 heteroatoms. The maximum atomic E-state index is 10.6. The summed E-state index contributed by atoms with van der Waals surface area (Å²) in [5.74, 6) is 1.01. The molecule has 0 spiro atoms. The Bertz CT molecular complexity index is 564. The second-order valence-corrected chi connectivity index (χ2v) is 3.27. The molecule has 0 aliphatic heterocycles. The van der Waals surface area contributed by atoms with Crippen LogP contribution in [0.3, 0.4) is 0 Å². The molecule has 1 heterocycles. The summed E-state index contributed by atoms with van der Waals surface area (Å²) in [5.41, 5.74) is 0.473. The zero-order chi connectivity index (χ0) is 12.4. The highest BCUT2D eigenvalue weighted by Gasteiger charge is 2.16. The number of non-ortho nitro benzene ring substituents is 1. The predicted octanol–water partition coefficient (Wildman–Crippen LogP) is 1.96. The first-order chi connectivity index (χ1) is 8.11. The molecule has 17 heavy (non-hydrogen) atoms. The first-order valence-corrected chi connectivity index (χ1v) is 4.74. The summed E-state index contributed by atoms with van der Waals surface area (Å²) in [7, 11) is 1.42. The van der Waals surface area contributed by atoms with Crippen LogP contribution in [0.15, 0.2) is 22.6 Å². The highest BCUT2D eigenvalue weighted by Crippen LogP contribution is 2.32. The molecule has 0 radical (unpaired) electrons. The van der Waals surface area contributed by atoms with E-state index in [0.717, 1.165) is 0 Å². The van der Waals surface area contributed by atoms with E-state index in [0.29, 0.717) is 17.2 Å². The van der Waals surface area contributed by atoms with Gasteiger partial charge in [-0.3, -0.25) is 10.1 Å². The number of hydrogen-bond acceptors (Lipinski definition) is 6. The SMILES string of the molecule is COc1cc([N+](=O)[O-])ccc1-c1nnc(C)o1. The monoisotopic (exact) mass is 235 g/mol. The van der Waals surface area contributed by atoms with Gasteiger partial charge in [-0.2, -0.15) is 0 Å². The van der Waals surface area contributed by atoms with Crippen molar-refractivity contribution in [3.8, 4) is 17.2 Å². The molecule has 0 amide bonds. The molecule has 1 aromatic heterocycles. The molecule has 2 rings (SSSR count). The maximum Gasteiger partial charge on any atom is 0.273 e. The van der Waals surface area contributed by atoms with Crippen molar-refractivity contribution in [1.82, 2.24) is 10.2 Å². The lowest BCUT2D eigenvalue weighted by atomic mass is 10.2. The van der Waals surface area contributed by atoms with E-state index in [1.54, 1.807) is 6.92 Å². The van der Waals surface area contributed by atoms with Gasteiger partial charge in [-0.15, -0.1) is 10.2 Å². The number of ether oxygens (including phenoxy) is 1. The Balaban J connectivity index is 2.51. The number of benzene rings is 1. The maximum absolute atomic E-state index is 10.6. The van der Waals surface area contributed by atoms with Crippen molar-refractivity contribution in [2.24, 2.45) is 0 Å². The third-order valence-electron chi connectivity index (χ3n) is 2.15. The van der Waals surface area contributed by atoms with Crippen LogP contribution in [0.2, 0.25) is 0 Å². The van der Waals surface area contributed by atoms with Crippen molar-refractivity contribution in [3.05, 3.63) is 34.2 Å². The van der Waals surface area contributed by atoms with Crippen LogP contribution in [0, 0.1) is 17.0 Å². The van der Waals surface area contributed by atoms with E-state index in [4.69, 9.17) is 9.15 Å². The van der Waals surface area contributed by atoms with Crippen molar-refractivity contribution in [2.45, 2.75) is 6.92 Å². The normalized spacial score (nSPS) is 10.2. The summed E-state index contributed by atoms with van der Waals surface area (Å²) < 4.78 is 10.3. The fourth-order valence-electron chi connectivity index (χ4n) is 1.38. The lowest BCUT2D eigenvalue weighted by Gasteiger charge is -2.04. The van der Waals surface area contributed by atoms with Gasteiger partial charge in [0, 0.05) is 13.0 Å². The van der Waals surface area contributed by atoms with Gasteiger partial charge in [0.25, 0.3) is 11.6 Å². The third kappa shape index (κ3) is 2.07. The second-order valence-electron chi connectivity index (χ2n) is 3.27. The molecule has 0 bridgehead atoms. The van der Waals surface area contributed by atoms with Crippen LogP contribution >= 0.6 is 0 Å². The van der Waals surface area contributed by atoms with Crippen molar-refractivity contribution in [2.75, 3.05) is 7.11 Å². The molecule has 0 aliphatic rings. The van der Waals surface area contributed by atoms with Gasteiger partial charge in [-0.05, 0) is 6.07 Å². The van der Waals surface area contributed by atoms with Gasteiger partial charge >= 0.3 is 0 Å². The van der Waals surface area contributed by atoms with Crippen LogP contribution in [0.4, 0.5) is 5.69 Å². The van der Waals surface area contributed by atoms with Crippen molar-refractivity contribution < 1.29 is 14.1 Å². The summed E-state index contributed by atoms with van der Waals surface area (Å²) >= 11 is 0. The summed E-state index contributed by atoms with van der Waals surface area (Å²) in [6, 6.07) is 4.19. The molecule has 7 nitrogen and oxygen atoms in total. The minimum absolute atomic E-state index is 0.0539. The Morgan fingerprint density at radius 1 is 1.41 bits per heavy atom. The minimum Gasteiger partial charge on any atom is -0.496 e. The first-order valence-electron chi connectivity index (χ1n) is 4.74. The van der Waals surface area contributed by atoms with Gasteiger partial charge in [0.1, 0.15) is 5.75 Å². The predicted molar refractivity (Wildman–Crippen MR) is 57.7 cm³/mol. The third-order valence-corrected chi connectivity index (χ3v) is 2.15. The van der Waals surface area contributed by atoms with Crippen molar-refractivity contribution >= 4 is 5.69 Å². The molecule has 0 unspecified atom stereocenters. The largest absolute Gasteiger partial charge is 0.496 e. The Morgan fingerprint density at radius 2 is 2.18 bits per heavy atom. The van der Waals surface area contributed by atoms with E-state index in [1.807, 2.05) is 0 Å². The molecule has 1 aromatic carbocycles. The molecular weight excluding hydrogens is 226 g/mol. The van der Waals surface area contributed by atoms with Crippen LogP contribution in [0.1, 0.15) is 5.89 Å². The lowest BCUT2D eigenvalue weighted by Crippen LogP contribution is -1.92. The van der Waals surface area contributed by atoms with Crippen molar-refractivity contribution in [1.29, 1.82) is 0 Å². The van der Waals surface area contributed by atoms with Gasteiger partial charge in [-0.25, -0.2) is 0 Å². The Labute approximate surface area is 96.2 Å². The molecule has 0 N–H and O–H groups in total. The van der Waals surface area contributed by atoms with E-state index in [2.05, 4.69) is 10.2 Å². The summed E-state index contributed by atoms with van der Waals surface area (Å²) in [4.78, 5) is 10.1. The average Bonchev–Trinajstić information content (AvgIpc) is 2.74. The van der Waals surface area contributed by atoms with Gasteiger partial charge in [0.15, 0.2) is 0 Å². The van der Waals surface area contributed by atoms with E-state index in [1.165, 1.54) is 25.3 Å². The van der Waals surface area contributed by atoms with Crippen LogP contribution in [-0.2, 0) is 0 Å². The van der Waals surface area contributed by atoms with Crippen LogP contribution < -0.4 is 4.74 Å². The van der Waals surface area contributed by atoms with Crippen molar-refractivity contribution in [3.63, 3.8) is 0 Å². The number of nitrogens with zero attached hydrogens (tertiary/aromatic N) is 3. The lowest BCUT2D eigenvalue weighted by molar-refractivity contribution is -0.384. The Morgan fingerprint density at radius 3 is 2.71 bits per heavy atom. The van der Waals surface area contributed by atoms with Crippen LogP contribution in [-0.4, -0.2) is 22.2 Å². The molecule has 0 saturated heterocycles. The van der Waals surface area contributed by atoms with E-state index < -0.39 is 4.92 Å². The molecular formula is C10H9N3O4. The van der Waals surface area contributed by atoms with Crippen LogP contribution in [0.5, 0.6) is 5.75 Å². The number of methoxy groups -OCH3 is 1. The molecule has 0 atom stereocenters. The topological polar surface area (TPSA) is 91.3 Å². The number of hydrogen-bond donors (Lipinski definition) is 0. The van der Waals surface area contributed by atoms with Gasteiger partial charge in [-0.1, -0.05) is 0 Å². The fraction of sp³-hybridized carbons (Fsp3) is 0.200. The molecule has 2 aromatic rings. The fourth-order valence-corrected chi connectivity index (χ4v) is 1.38. The second kappa shape index (κ2) is 4.20. The minimum atomic E-state index is -0.495. The van der Waals surface area contributed by atoms with Crippen LogP contribution in [0.25, 0.3) is 11.5 Å². The molecule has 0 aliphatic carbocycles. The number of nitro groups is 1. The number of rotatable bonds is 3. The van der Waals surface area contributed by atoms with Gasteiger partial charge in [0.2, 0.25) is 5.89 Å². The molecule has 0 saturated carbocycles. The Hall–Kier alpha value is -2.44. The summed E-state index contributed by atoms with van der Waals surface area (Å²) in [6.07, 6.45) is 0. The zero-order valence-corrected chi connectivity index (χ0v) is 9.21. The van der Waals surface area contributed by atoms with Gasteiger partial charge < -0.3 is 9.15 Å². The summed E-state index contributed by atoms with van der Waals surface area (Å²) in [5, 5.41) is 18.1. The first kappa shape index (κ1) is 11.1. The van der Waals surface area contributed by atoms with E-state index in [-0.39, 0.29) is 11.6 Å². The zero-order valence-electron chi connectivity index (χ0n) is 9.21. The average molecular weight is 235 g/mol. The highest BCUT2D eigenvalue weighted by atomic mass is 16.6. The smallest absolute Gasteiger partial charge is 0.273 e. The quantitative estimate of drug-likeness (QED) is 0.596. The molecule has 88 valence electrons. The summed E-state index contributed by atoms with van der Waals surface area (Å²) in [6.45, 7) is 1.66. The molecule has 0 fully saturated rings. The highest BCUT2D eigenvalue weighted by molar-refractivity contribution is 5.65.